The first-order valence-corrected chi connectivity index (χ1v) is 17.2. The normalized spacial score (nSPS) is 18.1. The Kier molecular flexibility index (Phi) is 10.1. The molecule has 1 aliphatic heterocycles. The standard InChI is InChI=1S/C32H35N3O8S2/c1-5-32(6-2,43-25(4)36)21-10-22-33(44(39,40)28-17-13-24(3)14-18-28)23-30-31(26-11-8-7-9-12-26)34(30)45(41,42)29-19-15-27(16-20-29)35(37)38/h7-9,11-20,30-31H,5-6,22-23H2,1-4H3. The van der Waals surface area contributed by atoms with Crippen LogP contribution in [0.25, 0.3) is 0 Å². The molecule has 3 aromatic rings. The van der Waals surface area contributed by atoms with Crippen molar-refractivity contribution >= 4 is 31.7 Å². The number of carbonyl (C=O) groups excluding carboxylic acids is 1. The van der Waals surface area contributed by atoms with E-state index in [0.29, 0.717) is 18.4 Å². The first kappa shape index (κ1) is 33.8. The number of carbonyl (C=O) groups is 1. The van der Waals surface area contributed by atoms with Gasteiger partial charge in [-0.25, -0.2) is 16.8 Å². The first-order valence-electron chi connectivity index (χ1n) is 14.3. The Morgan fingerprint density at radius 2 is 1.53 bits per heavy atom. The molecule has 0 N–H and O–H groups in total. The fourth-order valence-corrected chi connectivity index (χ4v) is 8.25. The third kappa shape index (κ3) is 7.42. The zero-order valence-corrected chi connectivity index (χ0v) is 27.0. The number of ether oxygens (including phenoxy) is 1. The van der Waals surface area contributed by atoms with Crippen LogP contribution in [0.4, 0.5) is 5.69 Å². The molecule has 0 aliphatic carbocycles. The monoisotopic (exact) mass is 653 g/mol. The molecule has 3 atom stereocenters. The second kappa shape index (κ2) is 13.5. The van der Waals surface area contributed by atoms with E-state index in [4.69, 9.17) is 4.74 Å². The maximum Gasteiger partial charge on any atom is 0.304 e. The van der Waals surface area contributed by atoms with E-state index in [-0.39, 0.29) is 28.6 Å². The van der Waals surface area contributed by atoms with Crippen LogP contribution in [0, 0.1) is 28.9 Å². The number of sulfonamides is 2. The van der Waals surface area contributed by atoms with E-state index in [9.17, 15) is 31.7 Å². The molecular weight excluding hydrogens is 618 g/mol. The highest BCUT2D eigenvalue weighted by Gasteiger charge is 2.57. The van der Waals surface area contributed by atoms with Gasteiger partial charge in [-0.2, -0.15) is 8.61 Å². The summed E-state index contributed by atoms with van der Waals surface area (Å²) in [6.45, 7) is 6.24. The number of nitrogens with zero attached hydrogens (tertiary/aromatic N) is 3. The molecule has 3 aromatic carbocycles. The topological polar surface area (TPSA) is 144 Å². The molecule has 3 unspecified atom stereocenters. The van der Waals surface area contributed by atoms with Crippen LogP contribution in [0.2, 0.25) is 0 Å². The number of esters is 1. The van der Waals surface area contributed by atoms with Crippen LogP contribution in [0.5, 0.6) is 0 Å². The van der Waals surface area contributed by atoms with E-state index < -0.39 is 48.6 Å². The zero-order valence-electron chi connectivity index (χ0n) is 25.4. The number of nitro benzene ring substituents is 1. The van der Waals surface area contributed by atoms with Gasteiger partial charge in [-0.1, -0.05) is 73.7 Å². The Hall–Kier alpha value is -4.09. The van der Waals surface area contributed by atoms with Crippen molar-refractivity contribution in [3.8, 4) is 11.8 Å². The average molecular weight is 654 g/mol. The molecule has 1 saturated heterocycles. The van der Waals surface area contributed by atoms with Crippen LogP contribution in [-0.4, -0.2) is 61.1 Å². The molecule has 1 aliphatic rings. The van der Waals surface area contributed by atoms with Crippen LogP contribution in [-0.2, 0) is 29.6 Å². The summed E-state index contributed by atoms with van der Waals surface area (Å²) in [5.74, 6) is 5.35. The summed E-state index contributed by atoms with van der Waals surface area (Å²) >= 11 is 0. The van der Waals surface area contributed by atoms with Crippen molar-refractivity contribution in [3.05, 3.63) is 100 Å². The maximum atomic E-state index is 14.0. The summed E-state index contributed by atoms with van der Waals surface area (Å²) in [6, 6.07) is 18.2. The molecular formula is C32H35N3O8S2. The third-order valence-corrected chi connectivity index (χ3v) is 11.5. The molecule has 11 nitrogen and oxygen atoms in total. The van der Waals surface area contributed by atoms with Crippen molar-refractivity contribution < 1.29 is 31.3 Å². The SMILES string of the molecule is CCC(C#CCN(CC1C(c2ccccc2)N1S(=O)(=O)c1ccc([N+](=O)[O-])cc1)S(=O)(=O)c1ccc(C)cc1)(CC)OC(C)=O. The van der Waals surface area contributed by atoms with E-state index in [0.717, 1.165) is 22.0 Å². The largest absolute Gasteiger partial charge is 0.446 e. The van der Waals surface area contributed by atoms with Gasteiger partial charge in [0.2, 0.25) is 20.0 Å². The molecule has 13 heteroatoms. The minimum Gasteiger partial charge on any atom is -0.446 e. The van der Waals surface area contributed by atoms with Gasteiger partial charge in [-0.05, 0) is 49.6 Å². The van der Waals surface area contributed by atoms with Gasteiger partial charge in [0.15, 0.2) is 5.60 Å². The Morgan fingerprint density at radius 3 is 2.07 bits per heavy atom. The second-order valence-corrected chi connectivity index (χ2v) is 14.5. The number of rotatable bonds is 12. The van der Waals surface area contributed by atoms with E-state index in [2.05, 4.69) is 11.8 Å². The Balaban J connectivity index is 1.75. The van der Waals surface area contributed by atoms with Gasteiger partial charge in [0, 0.05) is 25.6 Å². The van der Waals surface area contributed by atoms with Crippen molar-refractivity contribution in [2.75, 3.05) is 13.1 Å². The van der Waals surface area contributed by atoms with Gasteiger partial charge in [-0.15, -0.1) is 0 Å². The Bertz CT molecular complexity index is 1810. The molecule has 0 radical (unpaired) electrons. The molecule has 0 saturated carbocycles. The quantitative estimate of drug-likeness (QED) is 0.0889. The molecule has 238 valence electrons. The van der Waals surface area contributed by atoms with Gasteiger partial charge in [0.05, 0.1) is 33.3 Å². The lowest BCUT2D eigenvalue weighted by atomic mass is 9.98. The van der Waals surface area contributed by atoms with Crippen molar-refractivity contribution in [3.63, 3.8) is 0 Å². The number of aryl methyl sites for hydroxylation is 1. The summed E-state index contributed by atoms with van der Waals surface area (Å²) < 4.78 is 63.5. The fourth-order valence-electron chi connectivity index (χ4n) is 5.12. The van der Waals surface area contributed by atoms with Crippen LogP contribution >= 0.6 is 0 Å². The van der Waals surface area contributed by atoms with E-state index in [1.807, 2.05) is 20.8 Å². The third-order valence-electron chi connectivity index (χ3n) is 7.74. The zero-order chi connectivity index (χ0) is 33.0. The highest BCUT2D eigenvalue weighted by atomic mass is 32.2. The molecule has 1 heterocycles. The Morgan fingerprint density at radius 1 is 0.956 bits per heavy atom. The van der Waals surface area contributed by atoms with Gasteiger partial charge in [0.1, 0.15) is 0 Å². The Labute approximate surface area is 264 Å². The van der Waals surface area contributed by atoms with Crippen molar-refractivity contribution in [2.45, 2.75) is 68.0 Å². The molecule has 0 spiro atoms. The number of hydrogen-bond donors (Lipinski definition) is 0. The van der Waals surface area contributed by atoms with Crippen LogP contribution in [0.3, 0.4) is 0 Å². The molecule has 0 bridgehead atoms. The minimum absolute atomic E-state index is 0.0221. The van der Waals surface area contributed by atoms with E-state index in [1.165, 1.54) is 35.5 Å². The average Bonchev–Trinajstić information content (AvgIpc) is 3.75. The summed E-state index contributed by atoms with van der Waals surface area (Å²) in [6.07, 6.45) is 0.779. The van der Waals surface area contributed by atoms with E-state index in [1.54, 1.807) is 42.5 Å². The smallest absolute Gasteiger partial charge is 0.304 e. The van der Waals surface area contributed by atoms with E-state index >= 15 is 0 Å². The number of hydrogen-bond acceptors (Lipinski definition) is 8. The van der Waals surface area contributed by atoms with Gasteiger partial charge >= 0.3 is 5.97 Å². The van der Waals surface area contributed by atoms with Crippen molar-refractivity contribution in [2.24, 2.45) is 0 Å². The molecule has 45 heavy (non-hydrogen) atoms. The van der Waals surface area contributed by atoms with Crippen molar-refractivity contribution in [1.29, 1.82) is 0 Å². The second-order valence-electron chi connectivity index (χ2n) is 10.7. The van der Waals surface area contributed by atoms with Gasteiger partial charge in [0.25, 0.3) is 5.69 Å². The lowest BCUT2D eigenvalue weighted by molar-refractivity contribution is -0.384. The summed E-state index contributed by atoms with van der Waals surface area (Å²) in [5, 5.41) is 11.1. The van der Waals surface area contributed by atoms with Crippen molar-refractivity contribution in [1.82, 2.24) is 8.61 Å². The summed E-state index contributed by atoms with van der Waals surface area (Å²) in [7, 11) is -8.34. The lowest BCUT2D eigenvalue weighted by Gasteiger charge is -2.25. The lowest BCUT2D eigenvalue weighted by Crippen LogP contribution is -2.37. The molecule has 0 amide bonds. The predicted octanol–water partition coefficient (Wildman–Crippen LogP) is 4.83. The number of benzene rings is 3. The highest BCUT2D eigenvalue weighted by Crippen LogP contribution is 2.48. The minimum atomic E-state index is -4.19. The highest BCUT2D eigenvalue weighted by molar-refractivity contribution is 7.89. The summed E-state index contributed by atoms with van der Waals surface area (Å²) in [4.78, 5) is 22.2. The molecule has 4 rings (SSSR count). The number of non-ortho nitro benzene ring substituents is 1. The van der Waals surface area contributed by atoms with Crippen LogP contribution in [0.15, 0.2) is 88.7 Å². The number of nitro groups is 1. The summed E-state index contributed by atoms with van der Waals surface area (Å²) in [5.41, 5.74) is 0.179. The molecule has 1 fully saturated rings. The predicted molar refractivity (Wildman–Crippen MR) is 168 cm³/mol. The molecule has 0 aromatic heterocycles. The van der Waals surface area contributed by atoms with Gasteiger partial charge in [-0.3, -0.25) is 14.9 Å². The van der Waals surface area contributed by atoms with Gasteiger partial charge < -0.3 is 4.74 Å². The van der Waals surface area contributed by atoms with Crippen LogP contribution < -0.4 is 0 Å². The first-order chi connectivity index (χ1) is 21.3. The van der Waals surface area contributed by atoms with Crippen LogP contribution in [0.1, 0.15) is 50.8 Å². The fraction of sp³-hybridized carbons (Fsp3) is 0.344. The maximum absolute atomic E-state index is 14.0.